The minimum atomic E-state index is -0.337. The number of carbonyl (C=O) groups is 1. The van der Waals surface area contributed by atoms with Crippen molar-refractivity contribution in [3.05, 3.63) is 71.2 Å². The molecule has 3 aromatic rings. The summed E-state index contributed by atoms with van der Waals surface area (Å²) in [7, 11) is 0. The van der Waals surface area contributed by atoms with Gasteiger partial charge in [-0.25, -0.2) is 0 Å². The van der Waals surface area contributed by atoms with E-state index in [1.54, 1.807) is 30.3 Å². The minimum Gasteiger partial charge on any atom is -0.486 e. The van der Waals surface area contributed by atoms with Crippen LogP contribution < -0.4 is 19.5 Å². The Hall–Kier alpha value is -3.41. The first kappa shape index (κ1) is 19.9. The van der Waals surface area contributed by atoms with Crippen LogP contribution in [0.3, 0.4) is 0 Å². The van der Waals surface area contributed by atoms with Crippen LogP contribution in [0.15, 0.2) is 52.9 Å². The maximum Gasteiger partial charge on any atom is 0.291 e. The summed E-state index contributed by atoms with van der Waals surface area (Å²) in [5.74, 6) is 2.94. The molecular formula is C24H25NO5. The van der Waals surface area contributed by atoms with Crippen molar-refractivity contribution >= 4 is 11.6 Å². The van der Waals surface area contributed by atoms with Crippen molar-refractivity contribution < 1.29 is 23.4 Å². The smallest absolute Gasteiger partial charge is 0.291 e. The number of benzene rings is 2. The molecule has 1 aliphatic heterocycles. The molecule has 0 unspecified atom stereocenters. The number of furan rings is 1. The van der Waals surface area contributed by atoms with Crippen LogP contribution in [0.5, 0.6) is 17.2 Å². The van der Waals surface area contributed by atoms with E-state index in [4.69, 9.17) is 18.6 Å². The molecule has 1 amide bonds. The Kier molecular flexibility index (Phi) is 5.65. The second-order valence-corrected chi connectivity index (χ2v) is 7.56. The molecule has 0 radical (unpaired) electrons. The molecule has 156 valence electrons. The summed E-state index contributed by atoms with van der Waals surface area (Å²) < 4.78 is 22.7. The summed E-state index contributed by atoms with van der Waals surface area (Å²) in [6.07, 6.45) is 0. The number of rotatable bonds is 6. The third kappa shape index (κ3) is 4.43. The Labute approximate surface area is 175 Å². The lowest BCUT2D eigenvalue weighted by Crippen LogP contribution is -2.16. The number of anilines is 1. The van der Waals surface area contributed by atoms with Gasteiger partial charge >= 0.3 is 0 Å². The van der Waals surface area contributed by atoms with Gasteiger partial charge in [0.2, 0.25) is 0 Å². The maximum absolute atomic E-state index is 12.5. The summed E-state index contributed by atoms with van der Waals surface area (Å²) in [4.78, 5) is 12.5. The highest BCUT2D eigenvalue weighted by molar-refractivity contribution is 6.02. The molecule has 6 nitrogen and oxygen atoms in total. The van der Waals surface area contributed by atoms with Crippen LogP contribution in [0.2, 0.25) is 0 Å². The molecule has 2 aromatic carbocycles. The zero-order valence-electron chi connectivity index (χ0n) is 17.4. The fraction of sp³-hybridized carbons (Fsp3) is 0.292. The molecule has 6 heteroatoms. The summed E-state index contributed by atoms with van der Waals surface area (Å²) in [5.41, 5.74) is 2.89. The van der Waals surface area contributed by atoms with E-state index in [0.29, 0.717) is 42.1 Å². The van der Waals surface area contributed by atoms with Gasteiger partial charge in [-0.1, -0.05) is 26.0 Å². The molecule has 0 bridgehead atoms. The first-order chi connectivity index (χ1) is 14.5. The minimum absolute atomic E-state index is 0.219. The molecule has 1 aliphatic rings. The average molecular weight is 407 g/mol. The number of fused-ring (bicyclic) bond motifs is 1. The molecule has 0 spiro atoms. The number of hydrogen-bond acceptors (Lipinski definition) is 5. The Morgan fingerprint density at radius 3 is 2.63 bits per heavy atom. The number of amides is 1. The van der Waals surface area contributed by atoms with Gasteiger partial charge in [0, 0.05) is 11.8 Å². The summed E-state index contributed by atoms with van der Waals surface area (Å²) in [6, 6.07) is 14.9. The van der Waals surface area contributed by atoms with Gasteiger partial charge in [-0.2, -0.15) is 0 Å². The number of hydrogen-bond donors (Lipinski definition) is 1. The standard InChI is InChI=1S/C24H25NO5/c1-15(2)19-7-4-16(3)12-22(19)29-14-18-6-9-21(30-18)24(26)25-17-5-8-20-23(13-17)28-11-10-27-20/h4-9,12-13,15H,10-11,14H2,1-3H3,(H,25,26). The second kappa shape index (κ2) is 8.53. The fourth-order valence-corrected chi connectivity index (χ4v) is 3.28. The van der Waals surface area contributed by atoms with Crippen LogP contribution in [0, 0.1) is 6.92 Å². The van der Waals surface area contributed by atoms with Gasteiger partial charge in [0.25, 0.3) is 5.91 Å². The predicted molar refractivity (Wildman–Crippen MR) is 114 cm³/mol. The zero-order valence-corrected chi connectivity index (χ0v) is 17.4. The highest BCUT2D eigenvalue weighted by atomic mass is 16.6. The van der Waals surface area contributed by atoms with E-state index in [2.05, 4.69) is 31.3 Å². The zero-order chi connectivity index (χ0) is 21.1. The first-order valence-electron chi connectivity index (χ1n) is 10.0. The van der Waals surface area contributed by atoms with Crippen molar-refractivity contribution in [2.75, 3.05) is 18.5 Å². The molecule has 0 saturated carbocycles. The van der Waals surface area contributed by atoms with Gasteiger partial charge in [0.05, 0.1) is 0 Å². The molecule has 0 atom stereocenters. The summed E-state index contributed by atoms with van der Waals surface area (Å²) >= 11 is 0. The monoisotopic (exact) mass is 407 g/mol. The number of carbonyl (C=O) groups excluding carboxylic acids is 1. The Bertz CT molecular complexity index is 1050. The maximum atomic E-state index is 12.5. The van der Waals surface area contributed by atoms with E-state index in [0.717, 1.165) is 16.9 Å². The predicted octanol–water partition coefficient (Wildman–Crippen LogP) is 5.31. The normalized spacial score (nSPS) is 12.7. The van der Waals surface area contributed by atoms with Gasteiger partial charge in [0.15, 0.2) is 17.3 Å². The Morgan fingerprint density at radius 1 is 1.03 bits per heavy atom. The van der Waals surface area contributed by atoms with Gasteiger partial charge in [0.1, 0.15) is 31.3 Å². The lowest BCUT2D eigenvalue weighted by atomic mass is 10.0. The van der Waals surface area contributed by atoms with Gasteiger partial charge in [-0.3, -0.25) is 4.79 Å². The van der Waals surface area contributed by atoms with Crippen LogP contribution in [-0.2, 0) is 6.61 Å². The second-order valence-electron chi connectivity index (χ2n) is 7.56. The quantitative estimate of drug-likeness (QED) is 0.599. The molecule has 1 aromatic heterocycles. The lowest BCUT2D eigenvalue weighted by Gasteiger charge is -2.18. The largest absolute Gasteiger partial charge is 0.486 e. The van der Waals surface area contributed by atoms with Gasteiger partial charge < -0.3 is 23.9 Å². The topological polar surface area (TPSA) is 69.9 Å². The van der Waals surface area contributed by atoms with Crippen LogP contribution >= 0.6 is 0 Å². The molecule has 2 heterocycles. The lowest BCUT2D eigenvalue weighted by molar-refractivity contribution is 0.0992. The molecule has 0 saturated heterocycles. The average Bonchev–Trinajstić information content (AvgIpc) is 3.21. The molecule has 0 aliphatic carbocycles. The third-order valence-electron chi connectivity index (χ3n) is 4.85. The first-order valence-corrected chi connectivity index (χ1v) is 10.0. The van der Waals surface area contributed by atoms with Crippen LogP contribution in [0.4, 0.5) is 5.69 Å². The van der Waals surface area contributed by atoms with Gasteiger partial charge in [-0.05, 0) is 54.3 Å². The van der Waals surface area contributed by atoms with Crippen molar-refractivity contribution in [1.82, 2.24) is 0 Å². The summed E-state index contributed by atoms with van der Waals surface area (Å²) in [6.45, 7) is 7.56. The molecule has 1 N–H and O–H groups in total. The van der Waals surface area contributed by atoms with Crippen molar-refractivity contribution in [3.8, 4) is 17.2 Å². The Balaban J connectivity index is 1.41. The van der Waals surface area contributed by atoms with Crippen LogP contribution in [0.25, 0.3) is 0 Å². The van der Waals surface area contributed by atoms with Crippen LogP contribution in [-0.4, -0.2) is 19.1 Å². The third-order valence-corrected chi connectivity index (χ3v) is 4.85. The fourth-order valence-electron chi connectivity index (χ4n) is 3.28. The summed E-state index contributed by atoms with van der Waals surface area (Å²) in [5, 5.41) is 2.82. The number of nitrogens with one attached hydrogen (secondary N) is 1. The van der Waals surface area contributed by atoms with Crippen molar-refractivity contribution in [2.45, 2.75) is 33.3 Å². The number of ether oxygens (including phenoxy) is 3. The van der Waals surface area contributed by atoms with E-state index in [9.17, 15) is 4.79 Å². The van der Waals surface area contributed by atoms with Crippen molar-refractivity contribution in [2.24, 2.45) is 0 Å². The highest BCUT2D eigenvalue weighted by Crippen LogP contribution is 2.33. The molecule has 0 fully saturated rings. The highest BCUT2D eigenvalue weighted by Gasteiger charge is 2.16. The van der Waals surface area contributed by atoms with Crippen LogP contribution in [0.1, 0.15) is 47.2 Å². The Morgan fingerprint density at radius 2 is 1.83 bits per heavy atom. The van der Waals surface area contributed by atoms with Crippen molar-refractivity contribution in [3.63, 3.8) is 0 Å². The van der Waals surface area contributed by atoms with E-state index >= 15 is 0 Å². The SMILES string of the molecule is Cc1ccc(C(C)C)c(OCc2ccc(C(=O)Nc3ccc4c(c3)OCCO4)o2)c1. The van der Waals surface area contributed by atoms with E-state index in [1.165, 1.54) is 0 Å². The molecule has 4 rings (SSSR count). The van der Waals surface area contributed by atoms with E-state index < -0.39 is 0 Å². The van der Waals surface area contributed by atoms with Gasteiger partial charge in [-0.15, -0.1) is 0 Å². The molecule has 30 heavy (non-hydrogen) atoms. The van der Waals surface area contributed by atoms with Crippen molar-refractivity contribution in [1.29, 1.82) is 0 Å². The number of aryl methyl sites for hydroxylation is 1. The molecular weight excluding hydrogens is 382 g/mol. The van der Waals surface area contributed by atoms with E-state index in [1.807, 2.05) is 13.0 Å². The van der Waals surface area contributed by atoms with E-state index in [-0.39, 0.29) is 18.3 Å².